The van der Waals surface area contributed by atoms with Crippen LogP contribution in [-0.2, 0) is 0 Å². The van der Waals surface area contributed by atoms with Crippen LogP contribution in [0.4, 0.5) is 21.7 Å². The Morgan fingerprint density at radius 2 is 1.52 bits per heavy atom. The Morgan fingerprint density at radius 1 is 0.875 bits per heavy atom. The van der Waals surface area contributed by atoms with Gasteiger partial charge in [0.1, 0.15) is 5.82 Å². The van der Waals surface area contributed by atoms with Crippen molar-refractivity contribution in [3.05, 3.63) is 105 Å². The first-order valence-corrected chi connectivity index (χ1v) is 13.6. The molecule has 0 amide bonds. The molecule has 1 aliphatic rings. The number of likely N-dealkylation sites (N-methyl/N-ethyl adjacent to an activating group) is 1. The van der Waals surface area contributed by atoms with E-state index in [0.29, 0.717) is 32.9 Å². The number of piperazine rings is 1. The topological polar surface area (TPSA) is 66.3 Å². The summed E-state index contributed by atoms with van der Waals surface area (Å²) in [6.07, 6.45) is 3.12. The van der Waals surface area contributed by atoms with E-state index in [1.54, 1.807) is 41.1 Å². The summed E-state index contributed by atoms with van der Waals surface area (Å²) in [6, 6.07) is 19.1. The van der Waals surface area contributed by atoms with Crippen LogP contribution in [0, 0.1) is 5.82 Å². The quantitative estimate of drug-likeness (QED) is 0.262. The van der Waals surface area contributed by atoms with Gasteiger partial charge in [-0.3, -0.25) is 4.79 Å². The lowest BCUT2D eigenvalue weighted by Gasteiger charge is -2.34. The van der Waals surface area contributed by atoms with Crippen LogP contribution in [0.3, 0.4) is 0 Å². The Hall–Kier alpha value is -3.98. The molecule has 0 atom stereocenters. The predicted octanol–water partition coefficient (Wildman–Crippen LogP) is 6.39. The van der Waals surface area contributed by atoms with Crippen LogP contribution in [-0.4, -0.2) is 52.7 Å². The monoisotopic (exact) mass is 574 g/mol. The highest BCUT2D eigenvalue weighted by molar-refractivity contribution is 6.39. The van der Waals surface area contributed by atoms with Gasteiger partial charge in [0.05, 0.1) is 15.4 Å². The van der Waals surface area contributed by atoms with E-state index in [1.807, 2.05) is 12.1 Å². The summed E-state index contributed by atoms with van der Waals surface area (Å²) >= 11 is 12.9. The van der Waals surface area contributed by atoms with Gasteiger partial charge in [-0.1, -0.05) is 29.3 Å². The number of anilines is 3. The number of nitrogens with zero attached hydrogens (tertiary/aromatic N) is 5. The van der Waals surface area contributed by atoms with Crippen molar-refractivity contribution in [3.8, 4) is 16.8 Å². The van der Waals surface area contributed by atoms with Crippen molar-refractivity contribution in [2.24, 2.45) is 0 Å². The molecule has 5 aromatic rings. The Bertz CT molecular complexity index is 1730. The van der Waals surface area contributed by atoms with Gasteiger partial charge in [0.2, 0.25) is 11.4 Å². The maximum absolute atomic E-state index is 13.8. The molecule has 0 aliphatic carbocycles. The molecular weight excluding hydrogens is 550 g/mol. The van der Waals surface area contributed by atoms with Gasteiger partial charge in [0, 0.05) is 66.8 Å². The van der Waals surface area contributed by atoms with Crippen molar-refractivity contribution in [2.45, 2.75) is 0 Å². The molecule has 1 saturated heterocycles. The van der Waals surface area contributed by atoms with E-state index in [2.05, 4.69) is 39.3 Å². The van der Waals surface area contributed by atoms with Crippen LogP contribution in [0.5, 0.6) is 0 Å². The molecule has 202 valence electrons. The zero-order valence-corrected chi connectivity index (χ0v) is 23.1. The summed E-state index contributed by atoms with van der Waals surface area (Å²) in [6.45, 7) is 4.04. The van der Waals surface area contributed by atoms with E-state index in [4.69, 9.17) is 28.2 Å². The molecule has 0 saturated carbocycles. The van der Waals surface area contributed by atoms with Crippen molar-refractivity contribution in [1.29, 1.82) is 0 Å². The second-order valence-electron chi connectivity index (χ2n) is 9.71. The van der Waals surface area contributed by atoms with Crippen LogP contribution in [0.25, 0.3) is 27.8 Å². The number of hydrogen-bond acceptors (Lipinski definition) is 6. The minimum Gasteiger partial charge on any atom is -0.369 e. The molecule has 10 heteroatoms. The third-order valence-corrected chi connectivity index (χ3v) is 7.70. The number of fused-ring (bicyclic) bond motifs is 1. The first-order valence-electron chi connectivity index (χ1n) is 12.8. The summed E-state index contributed by atoms with van der Waals surface area (Å²) in [5.74, 6) is -0.0564. The summed E-state index contributed by atoms with van der Waals surface area (Å²) in [5, 5.41) is 4.19. The number of nitrogens with one attached hydrogen (secondary N) is 1. The molecular formula is C30H25Cl2FN6O. The van der Waals surface area contributed by atoms with E-state index in [0.717, 1.165) is 37.6 Å². The van der Waals surface area contributed by atoms with Gasteiger partial charge < -0.3 is 19.7 Å². The predicted molar refractivity (Wildman–Crippen MR) is 160 cm³/mol. The largest absolute Gasteiger partial charge is 0.369 e. The highest BCUT2D eigenvalue weighted by atomic mass is 35.5. The average molecular weight is 575 g/mol. The van der Waals surface area contributed by atoms with Crippen molar-refractivity contribution in [3.63, 3.8) is 0 Å². The second kappa shape index (κ2) is 10.9. The lowest BCUT2D eigenvalue weighted by atomic mass is 10.1. The van der Waals surface area contributed by atoms with Crippen molar-refractivity contribution in [2.75, 3.05) is 43.4 Å². The number of benzene rings is 3. The van der Waals surface area contributed by atoms with E-state index < -0.39 is 0 Å². The first-order chi connectivity index (χ1) is 19.4. The third-order valence-electron chi connectivity index (χ3n) is 7.07. The van der Waals surface area contributed by atoms with Gasteiger partial charge in [-0.25, -0.2) is 9.37 Å². The normalized spacial score (nSPS) is 14.1. The molecule has 0 unspecified atom stereocenters. The standard InChI is InChI=1S/C30H25Cl2FN6O/c1-37-13-15-38(16-14-37)21-11-7-20(8-12-21)35-30-34-17-23-28(40)24(27-25(31)3-2-4-26(27)32)18-39(29(23)36-30)22-9-5-19(33)6-10-22/h2-12,17-18H,13-16H2,1H3,(H,34,35,36). The molecule has 1 N–H and O–H groups in total. The number of pyridine rings is 1. The molecule has 1 fully saturated rings. The van der Waals surface area contributed by atoms with Crippen molar-refractivity contribution in [1.82, 2.24) is 19.4 Å². The Morgan fingerprint density at radius 3 is 2.20 bits per heavy atom. The van der Waals surface area contributed by atoms with Gasteiger partial charge in [0.15, 0.2) is 5.65 Å². The van der Waals surface area contributed by atoms with Gasteiger partial charge in [0.25, 0.3) is 0 Å². The van der Waals surface area contributed by atoms with Crippen LogP contribution < -0.4 is 15.6 Å². The molecule has 3 heterocycles. The number of hydrogen-bond donors (Lipinski definition) is 1. The molecule has 6 rings (SSSR count). The van der Waals surface area contributed by atoms with E-state index in [1.165, 1.54) is 18.3 Å². The zero-order valence-electron chi connectivity index (χ0n) is 21.6. The van der Waals surface area contributed by atoms with Crippen LogP contribution >= 0.6 is 23.2 Å². The zero-order chi connectivity index (χ0) is 27.8. The first kappa shape index (κ1) is 26.3. The maximum Gasteiger partial charge on any atom is 0.229 e. The van der Waals surface area contributed by atoms with Crippen molar-refractivity contribution < 1.29 is 4.39 Å². The van der Waals surface area contributed by atoms with Gasteiger partial charge in [-0.2, -0.15) is 4.98 Å². The number of halogens is 3. The Balaban J connectivity index is 1.41. The Kier molecular flexibility index (Phi) is 7.14. The number of rotatable bonds is 5. The minimum atomic E-state index is -0.375. The van der Waals surface area contributed by atoms with Crippen LogP contribution in [0.2, 0.25) is 10.0 Å². The molecule has 7 nitrogen and oxygen atoms in total. The van der Waals surface area contributed by atoms with Crippen molar-refractivity contribution >= 4 is 51.6 Å². The summed E-state index contributed by atoms with van der Waals surface area (Å²) in [5.41, 5.74) is 3.33. The maximum atomic E-state index is 13.8. The lowest BCUT2D eigenvalue weighted by molar-refractivity contribution is 0.313. The summed E-state index contributed by atoms with van der Waals surface area (Å²) < 4.78 is 15.5. The fraction of sp³-hybridized carbons (Fsp3) is 0.167. The molecule has 1 aliphatic heterocycles. The van der Waals surface area contributed by atoms with Crippen LogP contribution in [0.15, 0.2) is 83.9 Å². The van der Waals surface area contributed by atoms with E-state index in [-0.39, 0.29) is 22.2 Å². The SMILES string of the molecule is CN1CCN(c2ccc(Nc3ncc4c(=O)c(-c5c(Cl)cccc5Cl)cn(-c5ccc(F)cc5)c4n3)cc2)CC1. The van der Waals surface area contributed by atoms with Gasteiger partial charge >= 0.3 is 0 Å². The summed E-state index contributed by atoms with van der Waals surface area (Å²) in [7, 11) is 2.14. The second-order valence-corrected chi connectivity index (χ2v) is 10.5. The molecule has 3 aromatic carbocycles. The summed E-state index contributed by atoms with van der Waals surface area (Å²) in [4.78, 5) is 27.5. The van der Waals surface area contributed by atoms with Crippen LogP contribution in [0.1, 0.15) is 0 Å². The molecule has 0 bridgehead atoms. The molecule has 0 radical (unpaired) electrons. The van der Waals surface area contributed by atoms with E-state index in [9.17, 15) is 9.18 Å². The van der Waals surface area contributed by atoms with Gasteiger partial charge in [-0.15, -0.1) is 0 Å². The van der Waals surface area contributed by atoms with E-state index >= 15 is 0 Å². The fourth-order valence-corrected chi connectivity index (χ4v) is 5.45. The smallest absolute Gasteiger partial charge is 0.229 e. The molecule has 0 spiro atoms. The third kappa shape index (κ3) is 5.13. The highest BCUT2D eigenvalue weighted by Crippen LogP contribution is 2.34. The number of aromatic nitrogens is 3. The van der Waals surface area contributed by atoms with Gasteiger partial charge in [-0.05, 0) is 67.7 Å². The highest BCUT2D eigenvalue weighted by Gasteiger charge is 2.19. The lowest BCUT2D eigenvalue weighted by Crippen LogP contribution is -2.44. The minimum absolute atomic E-state index is 0.272. The molecule has 2 aromatic heterocycles. The fourth-order valence-electron chi connectivity index (χ4n) is 4.85. The Labute approximate surface area is 240 Å². The molecule has 40 heavy (non-hydrogen) atoms. The average Bonchev–Trinajstić information content (AvgIpc) is 2.95.